The number of fused-ring (bicyclic) bond motifs is 1. The molecule has 0 unspecified atom stereocenters. The van der Waals surface area contributed by atoms with Gasteiger partial charge in [0.2, 0.25) is 0 Å². The molecule has 42 heavy (non-hydrogen) atoms. The van der Waals surface area contributed by atoms with Crippen molar-refractivity contribution in [2.75, 3.05) is 38.0 Å². The number of aromatic nitrogens is 1. The minimum atomic E-state index is -4.32. The number of carboxylic acids is 2. The average Bonchev–Trinajstić information content (AvgIpc) is 3.50. The van der Waals surface area contributed by atoms with E-state index in [0.717, 1.165) is 32.6 Å². The maximum atomic E-state index is 13.3. The molecule has 1 aromatic heterocycles. The first kappa shape index (κ1) is 31.6. The first-order chi connectivity index (χ1) is 19.7. The van der Waals surface area contributed by atoms with Crippen molar-refractivity contribution in [3.8, 4) is 11.5 Å². The maximum absolute atomic E-state index is 13.3. The summed E-state index contributed by atoms with van der Waals surface area (Å²) in [5.74, 6) is -3.21. The van der Waals surface area contributed by atoms with Crippen LogP contribution < -0.4 is 29.1 Å². The van der Waals surface area contributed by atoms with Crippen LogP contribution in [0.2, 0.25) is 0 Å². The average molecular weight is 676 g/mol. The number of amides is 1. The van der Waals surface area contributed by atoms with Crippen LogP contribution in [0.5, 0.6) is 11.5 Å². The predicted octanol–water partition coefficient (Wildman–Crippen LogP) is 0.187. The van der Waals surface area contributed by atoms with Crippen molar-refractivity contribution in [2.24, 2.45) is 0 Å². The molecular weight excluding hydrogens is 655 g/mol. The summed E-state index contributed by atoms with van der Waals surface area (Å²) in [6.07, 6.45) is 2.92. The van der Waals surface area contributed by atoms with Gasteiger partial charge in [0.15, 0.2) is 11.5 Å². The number of ether oxygens (including phenoxy) is 2. The monoisotopic (exact) mass is 675 g/mol. The van der Waals surface area contributed by atoms with Gasteiger partial charge in [-0.05, 0) is 12.2 Å². The highest BCUT2D eigenvalue weighted by molar-refractivity contribution is 8.30. The SMILES string of the molecule is COc1cc2c(cc1OC)N(CCS(=O)(=O)O)/C(=C\C=c1/s/c(=C3/SC(=S)N(CC(=O)O)C3=O)n(CC(=O)O)c1=O)S2. The van der Waals surface area contributed by atoms with Crippen molar-refractivity contribution >= 4 is 96.0 Å². The number of carboxylic acid groups (broad SMARTS) is 2. The summed E-state index contributed by atoms with van der Waals surface area (Å²) in [6, 6.07) is 3.33. The first-order valence-electron chi connectivity index (χ1n) is 11.5. The van der Waals surface area contributed by atoms with E-state index in [4.69, 9.17) is 26.8 Å². The number of rotatable bonds is 10. The molecule has 0 radical (unpaired) electrons. The molecule has 3 heterocycles. The number of aliphatic carboxylic acids is 2. The number of hydrogen-bond acceptors (Lipinski definition) is 13. The van der Waals surface area contributed by atoms with Gasteiger partial charge in [0.1, 0.15) is 27.0 Å². The van der Waals surface area contributed by atoms with E-state index in [9.17, 15) is 37.3 Å². The summed E-state index contributed by atoms with van der Waals surface area (Å²) in [7, 11) is -1.43. The molecule has 0 bridgehead atoms. The van der Waals surface area contributed by atoms with Gasteiger partial charge < -0.3 is 24.6 Å². The van der Waals surface area contributed by atoms with Crippen LogP contribution >= 0.6 is 47.1 Å². The second kappa shape index (κ2) is 12.5. The highest BCUT2D eigenvalue weighted by Gasteiger charge is 2.35. The lowest BCUT2D eigenvalue weighted by molar-refractivity contribution is -0.140. The van der Waals surface area contributed by atoms with Gasteiger partial charge in [0.25, 0.3) is 21.6 Å². The number of nitrogens with zero attached hydrogens (tertiary/aromatic N) is 3. The van der Waals surface area contributed by atoms with Gasteiger partial charge in [-0.25, -0.2) is 0 Å². The minimum Gasteiger partial charge on any atom is -0.493 e. The van der Waals surface area contributed by atoms with E-state index >= 15 is 0 Å². The molecule has 3 N–H and O–H groups in total. The molecule has 0 atom stereocenters. The summed E-state index contributed by atoms with van der Waals surface area (Å²) in [4.78, 5) is 52.0. The highest BCUT2D eigenvalue weighted by atomic mass is 32.2. The predicted molar refractivity (Wildman–Crippen MR) is 160 cm³/mol. The van der Waals surface area contributed by atoms with Crippen molar-refractivity contribution in [1.82, 2.24) is 9.47 Å². The molecule has 224 valence electrons. The van der Waals surface area contributed by atoms with Crippen LogP contribution in [-0.2, 0) is 31.0 Å². The van der Waals surface area contributed by atoms with Crippen molar-refractivity contribution in [2.45, 2.75) is 11.4 Å². The number of methoxy groups -OCH3 is 2. The van der Waals surface area contributed by atoms with Crippen LogP contribution in [-0.4, -0.2) is 87.9 Å². The highest BCUT2D eigenvalue weighted by Crippen LogP contribution is 2.50. The van der Waals surface area contributed by atoms with Crippen LogP contribution in [0.25, 0.3) is 11.0 Å². The van der Waals surface area contributed by atoms with Crippen LogP contribution in [0.1, 0.15) is 0 Å². The van der Waals surface area contributed by atoms with Crippen LogP contribution in [0.15, 0.2) is 32.9 Å². The number of anilines is 1. The summed E-state index contributed by atoms with van der Waals surface area (Å²) < 4.78 is 44.0. The van der Waals surface area contributed by atoms with Crippen molar-refractivity contribution in [3.05, 3.63) is 42.8 Å². The summed E-state index contributed by atoms with van der Waals surface area (Å²) in [5, 5.41) is 19.0. The summed E-state index contributed by atoms with van der Waals surface area (Å²) in [6.45, 7) is -1.61. The Hall–Kier alpha value is -3.36. The third-order valence-corrected chi connectivity index (χ3v) is 10.3. The number of hydrogen-bond donors (Lipinski definition) is 3. The molecular formula is C23H21N3O11S5. The van der Waals surface area contributed by atoms with Gasteiger partial charge >= 0.3 is 11.9 Å². The number of allylic oxidation sites excluding steroid dienone is 1. The van der Waals surface area contributed by atoms with Gasteiger partial charge in [-0.2, -0.15) is 8.42 Å². The fraction of sp³-hybridized carbons (Fsp3) is 0.261. The Labute approximate surface area is 255 Å². The van der Waals surface area contributed by atoms with Gasteiger partial charge in [0.05, 0.1) is 35.2 Å². The van der Waals surface area contributed by atoms with E-state index in [-0.39, 0.29) is 25.0 Å². The standard InChI is InChI=1S/C23H21N3O11S5/c1-36-12-7-11-15(8-13(12)37-2)39-16(24(11)5-6-42(33,34)35)4-3-14-20(31)25(9-17(27)28)22(40-14)19-21(32)26(10-18(29)30)23(38)41-19/h3-4,7-8H,5-6,9-10H2,1-2H3,(H,27,28)(H,29,30)(H,33,34,35)/b14-3-,16-4+,22-19+. The molecule has 0 spiro atoms. The molecule has 2 aromatic rings. The normalized spacial score (nSPS) is 17.8. The number of carbonyl (C=O) groups is 3. The van der Waals surface area contributed by atoms with E-state index in [1.54, 1.807) is 17.0 Å². The number of thioether (sulfide) groups is 2. The number of thiazole rings is 1. The Kier molecular flexibility index (Phi) is 9.38. The Balaban J connectivity index is 1.85. The molecule has 4 rings (SSSR count). The molecule has 0 aliphatic carbocycles. The molecule has 0 saturated carbocycles. The topological polar surface area (TPSA) is 193 Å². The zero-order valence-corrected chi connectivity index (χ0v) is 25.7. The van der Waals surface area contributed by atoms with Crippen molar-refractivity contribution < 1.29 is 47.0 Å². The largest absolute Gasteiger partial charge is 0.493 e. The molecule has 14 nitrogen and oxygen atoms in total. The lowest BCUT2D eigenvalue weighted by Crippen LogP contribution is -2.36. The van der Waals surface area contributed by atoms with Gasteiger partial charge in [0, 0.05) is 23.6 Å². The Bertz CT molecular complexity index is 1830. The van der Waals surface area contributed by atoms with Crippen LogP contribution in [0.3, 0.4) is 0 Å². The number of carbonyl (C=O) groups excluding carboxylic acids is 1. The fourth-order valence-corrected chi connectivity index (χ4v) is 7.89. The molecule has 1 amide bonds. The van der Waals surface area contributed by atoms with Gasteiger partial charge in [-0.1, -0.05) is 35.7 Å². The molecule has 2 aliphatic rings. The Morgan fingerprint density at radius 3 is 2.24 bits per heavy atom. The van der Waals surface area contributed by atoms with Crippen molar-refractivity contribution in [1.29, 1.82) is 0 Å². The van der Waals surface area contributed by atoms with E-state index in [1.165, 1.54) is 38.1 Å². The van der Waals surface area contributed by atoms with E-state index in [0.29, 0.717) is 27.1 Å². The van der Waals surface area contributed by atoms with Crippen LogP contribution in [0.4, 0.5) is 5.69 Å². The molecule has 1 aromatic carbocycles. The molecule has 19 heteroatoms. The molecule has 2 aliphatic heterocycles. The lowest BCUT2D eigenvalue weighted by Gasteiger charge is -2.20. The smallest absolute Gasteiger partial charge is 0.323 e. The first-order valence-corrected chi connectivity index (χ1v) is 16.0. The summed E-state index contributed by atoms with van der Waals surface area (Å²) >= 11 is 7.93. The second-order valence-corrected chi connectivity index (χ2v) is 13.7. The number of thiocarbonyl (C=S) groups is 1. The van der Waals surface area contributed by atoms with E-state index in [1.807, 2.05) is 0 Å². The van der Waals surface area contributed by atoms with Gasteiger partial charge in [-0.15, -0.1) is 11.3 Å². The third-order valence-electron chi connectivity index (χ3n) is 5.72. The fourth-order valence-electron chi connectivity index (χ4n) is 3.92. The molecule has 1 saturated heterocycles. The van der Waals surface area contributed by atoms with E-state index < -0.39 is 52.4 Å². The third kappa shape index (κ3) is 6.65. The summed E-state index contributed by atoms with van der Waals surface area (Å²) in [5.41, 5.74) is -0.155. The quantitative estimate of drug-likeness (QED) is 0.228. The maximum Gasteiger partial charge on any atom is 0.323 e. The lowest BCUT2D eigenvalue weighted by atomic mass is 10.2. The van der Waals surface area contributed by atoms with Crippen molar-refractivity contribution in [3.63, 3.8) is 0 Å². The second-order valence-electron chi connectivity index (χ2n) is 8.42. The molecule has 1 fully saturated rings. The Morgan fingerprint density at radius 1 is 1.00 bits per heavy atom. The van der Waals surface area contributed by atoms with Crippen LogP contribution in [0, 0.1) is 0 Å². The zero-order valence-electron chi connectivity index (χ0n) is 21.6. The van der Waals surface area contributed by atoms with Gasteiger partial charge in [-0.3, -0.25) is 33.2 Å². The van der Waals surface area contributed by atoms with E-state index in [2.05, 4.69) is 0 Å². The minimum absolute atomic E-state index is 0.00245. The zero-order chi connectivity index (χ0) is 30.9. The number of benzene rings is 1. The Morgan fingerprint density at radius 2 is 1.64 bits per heavy atom.